The van der Waals surface area contributed by atoms with Crippen molar-refractivity contribution in [3.63, 3.8) is 0 Å². The second-order valence-electron chi connectivity index (χ2n) is 8.50. The largest absolute Gasteiger partial charge is 0.497 e. The smallest absolute Gasteiger partial charge is 0.224 e. The fraction of sp³-hybridized carbons (Fsp3) is 0.267. The number of carbonyl (C=O) groups excluding carboxylic acids is 1. The summed E-state index contributed by atoms with van der Waals surface area (Å²) < 4.78 is 7.49. The number of methoxy groups -OCH3 is 1. The lowest BCUT2D eigenvalue weighted by Crippen LogP contribution is -2.26. The number of benzene rings is 3. The van der Waals surface area contributed by atoms with Crippen LogP contribution >= 0.6 is 11.8 Å². The van der Waals surface area contributed by atoms with Crippen molar-refractivity contribution in [3.8, 4) is 28.3 Å². The maximum atomic E-state index is 12.3. The van der Waals surface area contributed by atoms with Crippen molar-refractivity contribution in [1.29, 1.82) is 0 Å². The van der Waals surface area contributed by atoms with Crippen molar-refractivity contribution in [2.45, 2.75) is 37.9 Å². The Morgan fingerprint density at radius 1 is 0.917 bits per heavy atom. The third-order valence-corrected chi connectivity index (χ3v) is 7.05. The Morgan fingerprint density at radius 2 is 1.58 bits per heavy atom. The number of nitrogens with one attached hydrogen (secondary N) is 1. The summed E-state index contributed by atoms with van der Waals surface area (Å²) in [7, 11) is 1.64. The van der Waals surface area contributed by atoms with Gasteiger partial charge in [-0.3, -0.25) is 4.79 Å². The normalized spacial score (nSPS) is 10.8. The van der Waals surface area contributed by atoms with Gasteiger partial charge in [-0.25, -0.2) is 4.98 Å². The van der Waals surface area contributed by atoms with E-state index in [4.69, 9.17) is 9.72 Å². The van der Waals surface area contributed by atoms with Crippen LogP contribution in [0.1, 0.15) is 25.3 Å². The summed E-state index contributed by atoms with van der Waals surface area (Å²) in [4.78, 5) is 17.3. The summed E-state index contributed by atoms with van der Waals surface area (Å²) in [6, 6.07) is 28.5. The molecule has 0 spiro atoms. The average molecular weight is 500 g/mol. The fourth-order valence-corrected chi connectivity index (χ4v) is 5.19. The molecule has 0 atom stereocenters. The molecule has 0 fully saturated rings. The quantitative estimate of drug-likeness (QED) is 0.179. The van der Waals surface area contributed by atoms with Crippen LogP contribution in [-0.4, -0.2) is 34.9 Å². The number of imidazole rings is 1. The van der Waals surface area contributed by atoms with Crippen LogP contribution in [0.25, 0.3) is 22.5 Å². The van der Waals surface area contributed by atoms with Gasteiger partial charge in [0, 0.05) is 30.0 Å². The molecule has 0 saturated heterocycles. The van der Waals surface area contributed by atoms with Crippen LogP contribution < -0.4 is 10.1 Å². The molecule has 0 saturated carbocycles. The first-order valence-corrected chi connectivity index (χ1v) is 13.4. The van der Waals surface area contributed by atoms with Crippen molar-refractivity contribution in [1.82, 2.24) is 14.9 Å². The topological polar surface area (TPSA) is 56.2 Å². The zero-order chi connectivity index (χ0) is 25.2. The number of hydrogen-bond donors (Lipinski definition) is 1. The van der Waals surface area contributed by atoms with Gasteiger partial charge in [0.25, 0.3) is 0 Å². The van der Waals surface area contributed by atoms with Gasteiger partial charge in [0.15, 0.2) is 5.16 Å². The number of ether oxygens (including phenoxy) is 1. The second kappa shape index (κ2) is 13.0. The van der Waals surface area contributed by atoms with Crippen molar-refractivity contribution in [2.75, 3.05) is 19.4 Å². The number of nitrogens with zero attached hydrogens (tertiary/aromatic N) is 2. The molecule has 0 aliphatic carbocycles. The molecule has 1 aromatic heterocycles. The molecule has 0 bridgehead atoms. The van der Waals surface area contributed by atoms with Gasteiger partial charge >= 0.3 is 0 Å². The molecular weight excluding hydrogens is 466 g/mol. The Hall–Kier alpha value is -3.51. The minimum absolute atomic E-state index is 0.0503. The predicted molar refractivity (Wildman–Crippen MR) is 148 cm³/mol. The second-order valence-corrected chi connectivity index (χ2v) is 9.56. The monoisotopic (exact) mass is 499 g/mol. The van der Waals surface area contributed by atoms with Gasteiger partial charge in [-0.1, -0.05) is 84.6 Å². The number of thioether (sulfide) groups is 1. The number of aromatic nitrogens is 2. The van der Waals surface area contributed by atoms with Crippen LogP contribution in [-0.2, 0) is 17.8 Å². The summed E-state index contributed by atoms with van der Waals surface area (Å²) in [5.74, 6) is 1.80. The number of rotatable bonds is 12. The van der Waals surface area contributed by atoms with Gasteiger partial charge in [0.2, 0.25) is 5.91 Å². The summed E-state index contributed by atoms with van der Waals surface area (Å²) in [5.41, 5.74) is 5.48. The first-order chi connectivity index (χ1) is 17.7. The lowest BCUT2D eigenvalue weighted by molar-refractivity contribution is -0.120. The van der Waals surface area contributed by atoms with E-state index < -0.39 is 0 Å². The molecule has 0 unspecified atom stereocenters. The van der Waals surface area contributed by atoms with Crippen LogP contribution in [0.2, 0.25) is 0 Å². The first kappa shape index (κ1) is 25.6. The first-order valence-electron chi connectivity index (χ1n) is 12.4. The highest BCUT2D eigenvalue weighted by Crippen LogP contribution is 2.36. The van der Waals surface area contributed by atoms with Gasteiger partial charge in [-0.2, -0.15) is 0 Å². The van der Waals surface area contributed by atoms with E-state index in [0.717, 1.165) is 58.6 Å². The molecule has 3 aromatic carbocycles. The van der Waals surface area contributed by atoms with Crippen LogP contribution in [0.3, 0.4) is 0 Å². The zero-order valence-electron chi connectivity index (χ0n) is 20.9. The zero-order valence-corrected chi connectivity index (χ0v) is 21.8. The molecule has 1 heterocycles. The minimum atomic E-state index is 0.0503. The van der Waals surface area contributed by atoms with Gasteiger partial charge in [-0.05, 0) is 37.5 Å². The molecule has 186 valence electrons. The molecular formula is C30H33N3O2S. The van der Waals surface area contributed by atoms with Gasteiger partial charge in [0.1, 0.15) is 5.75 Å². The number of amides is 1. The van der Waals surface area contributed by atoms with Crippen LogP contribution in [0.4, 0.5) is 0 Å². The van der Waals surface area contributed by atoms with E-state index in [1.165, 1.54) is 5.56 Å². The van der Waals surface area contributed by atoms with E-state index in [0.29, 0.717) is 13.0 Å². The van der Waals surface area contributed by atoms with E-state index in [-0.39, 0.29) is 5.91 Å². The fourth-order valence-electron chi connectivity index (χ4n) is 4.13. The molecule has 0 radical (unpaired) electrons. The number of carbonyl (C=O) groups is 1. The molecule has 0 aliphatic heterocycles. The molecule has 1 amide bonds. The summed E-state index contributed by atoms with van der Waals surface area (Å²) >= 11 is 1.79. The maximum absolute atomic E-state index is 12.3. The maximum Gasteiger partial charge on any atom is 0.224 e. The Labute approximate surface area is 217 Å². The van der Waals surface area contributed by atoms with E-state index in [1.807, 2.05) is 36.4 Å². The lowest BCUT2D eigenvalue weighted by atomic mass is 10.0. The Morgan fingerprint density at radius 3 is 2.22 bits per heavy atom. The third kappa shape index (κ3) is 6.58. The molecule has 36 heavy (non-hydrogen) atoms. The van der Waals surface area contributed by atoms with Crippen LogP contribution in [0.15, 0.2) is 90.1 Å². The highest BCUT2D eigenvalue weighted by Gasteiger charge is 2.19. The van der Waals surface area contributed by atoms with Crippen molar-refractivity contribution in [3.05, 3.63) is 90.5 Å². The van der Waals surface area contributed by atoms with Gasteiger partial charge in [-0.15, -0.1) is 0 Å². The van der Waals surface area contributed by atoms with Gasteiger partial charge < -0.3 is 14.6 Å². The molecule has 5 nitrogen and oxygen atoms in total. The van der Waals surface area contributed by atoms with E-state index >= 15 is 0 Å². The van der Waals surface area contributed by atoms with E-state index in [2.05, 4.69) is 65.3 Å². The van der Waals surface area contributed by atoms with Crippen molar-refractivity contribution >= 4 is 17.7 Å². The highest BCUT2D eigenvalue weighted by atomic mass is 32.2. The number of hydrogen-bond acceptors (Lipinski definition) is 4. The predicted octanol–water partition coefficient (Wildman–Crippen LogP) is 6.48. The highest BCUT2D eigenvalue weighted by molar-refractivity contribution is 7.99. The van der Waals surface area contributed by atoms with Gasteiger partial charge in [0.05, 0.1) is 24.9 Å². The van der Waals surface area contributed by atoms with Crippen molar-refractivity contribution in [2.24, 2.45) is 0 Å². The van der Waals surface area contributed by atoms with E-state index in [9.17, 15) is 4.79 Å². The standard InChI is InChI=1S/C30H33N3O2S/c1-3-33-29(25-14-8-5-9-15-25)28(24-12-6-4-7-13-24)32-30(33)36-21-11-10-20-31-27(34)22-23-16-18-26(35-2)19-17-23/h4-9,12-19H,3,10-11,20-22H2,1-2H3,(H,31,34). The Balaban J connectivity index is 1.33. The summed E-state index contributed by atoms with van der Waals surface area (Å²) in [6.45, 7) is 3.71. The average Bonchev–Trinajstić information content (AvgIpc) is 3.30. The minimum Gasteiger partial charge on any atom is -0.497 e. The SMILES string of the molecule is CCn1c(SCCCCNC(=O)Cc2ccc(OC)cc2)nc(-c2ccccc2)c1-c1ccccc1. The Bertz CT molecular complexity index is 1240. The van der Waals surface area contributed by atoms with E-state index in [1.54, 1.807) is 18.9 Å². The Kier molecular flexibility index (Phi) is 9.22. The molecule has 1 N–H and O–H groups in total. The molecule has 4 aromatic rings. The summed E-state index contributed by atoms with van der Waals surface area (Å²) in [6.07, 6.45) is 2.33. The van der Waals surface area contributed by atoms with Crippen molar-refractivity contribution < 1.29 is 9.53 Å². The summed E-state index contributed by atoms with van der Waals surface area (Å²) in [5, 5.41) is 4.08. The number of unbranched alkanes of at least 4 members (excludes halogenated alkanes) is 1. The molecule has 0 aliphatic rings. The molecule has 6 heteroatoms. The van der Waals surface area contributed by atoms with Crippen LogP contribution in [0.5, 0.6) is 5.75 Å². The molecule has 4 rings (SSSR count). The third-order valence-electron chi connectivity index (χ3n) is 5.99. The van der Waals surface area contributed by atoms with Crippen LogP contribution in [0, 0.1) is 0 Å². The lowest BCUT2D eigenvalue weighted by Gasteiger charge is -2.11.